The van der Waals surface area contributed by atoms with E-state index in [1.54, 1.807) is 0 Å². The number of rotatable bonds is 6. The van der Waals surface area contributed by atoms with Crippen LogP contribution in [0.4, 0.5) is 5.69 Å². The summed E-state index contributed by atoms with van der Waals surface area (Å²) < 4.78 is 0. The molecule has 0 fully saturated rings. The summed E-state index contributed by atoms with van der Waals surface area (Å²) in [5.41, 5.74) is 4.51. The number of anilines is 1. The highest BCUT2D eigenvalue weighted by Gasteiger charge is 2.21. The minimum atomic E-state index is -0.0402. The Kier molecular flexibility index (Phi) is 6.89. The minimum Gasteiger partial charge on any atom is -0.396 e. The van der Waals surface area contributed by atoms with Crippen LogP contribution in [0.2, 0.25) is 0 Å². The van der Waals surface area contributed by atoms with E-state index in [1.807, 2.05) is 62.6 Å². The summed E-state index contributed by atoms with van der Waals surface area (Å²) in [4.78, 5) is 2.09. The van der Waals surface area contributed by atoms with Gasteiger partial charge in [-0.3, -0.25) is 0 Å². The van der Waals surface area contributed by atoms with E-state index in [1.165, 1.54) is 5.56 Å². The fourth-order valence-electron chi connectivity index (χ4n) is 3.34. The summed E-state index contributed by atoms with van der Waals surface area (Å²) in [6, 6.07) is 28.8. The zero-order valence-electron chi connectivity index (χ0n) is 16.5. The van der Waals surface area contributed by atoms with Crippen LogP contribution < -0.4 is 4.90 Å². The van der Waals surface area contributed by atoms with Crippen LogP contribution in [0.25, 0.3) is 0 Å². The van der Waals surface area contributed by atoms with E-state index in [2.05, 4.69) is 53.1 Å². The quantitative estimate of drug-likeness (QED) is 0.635. The van der Waals surface area contributed by atoms with Crippen molar-refractivity contribution in [2.45, 2.75) is 12.3 Å². The molecular formula is C26H27NO. The Morgan fingerprint density at radius 3 is 2.00 bits per heavy atom. The van der Waals surface area contributed by atoms with E-state index in [-0.39, 0.29) is 18.4 Å². The molecule has 0 heterocycles. The van der Waals surface area contributed by atoms with Crippen LogP contribution in [-0.4, -0.2) is 25.8 Å². The second-order valence-electron chi connectivity index (χ2n) is 7.23. The molecule has 0 aromatic heterocycles. The summed E-state index contributed by atoms with van der Waals surface area (Å²) >= 11 is 0. The van der Waals surface area contributed by atoms with Crippen molar-refractivity contribution in [1.29, 1.82) is 0 Å². The fourth-order valence-corrected chi connectivity index (χ4v) is 3.34. The van der Waals surface area contributed by atoms with Crippen molar-refractivity contribution >= 4 is 5.69 Å². The molecule has 28 heavy (non-hydrogen) atoms. The Balaban J connectivity index is 1.94. The Hall–Kier alpha value is -3.02. The molecule has 0 saturated carbocycles. The fraction of sp³-hybridized carbons (Fsp3) is 0.231. The molecule has 0 amide bonds. The van der Waals surface area contributed by atoms with Crippen molar-refractivity contribution in [3.8, 4) is 11.8 Å². The maximum absolute atomic E-state index is 10.2. The average Bonchev–Trinajstić information content (AvgIpc) is 2.75. The highest BCUT2D eigenvalue weighted by atomic mass is 16.3. The molecule has 0 radical (unpaired) electrons. The van der Waals surface area contributed by atoms with Crippen molar-refractivity contribution in [2.24, 2.45) is 5.92 Å². The first-order valence-electron chi connectivity index (χ1n) is 9.66. The molecule has 0 unspecified atom stereocenters. The van der Waals surface area contributed by atoms with E-state index in [4.69, 9.17) is 0 Å². The number of aliphatic hydroxyl groups excluding tert-OH is 1. The molecule has 0 aliphatic heterocycles. The third-order valence-electron chi connectivity index (χ3n) is 4.96. The van der Waals surface area contributed by atoms with Gasteiger partial charge in [-0.25, -0.2) is 0 Å². The van der Waals surface area contributed by atoms with Gasteiger partial charge in [0.05, 0.1) is 5.92 Å². The molecule has 1 N–H and O–H groups in total. The van der Waals surface area contributed by atoms with Gasteiger partial charge in [-0.1, -0.05) is 72.5 Å². The lowest BCUT2D eigenvalue weighted by Crippen LogP contribution is -2.19. The lowest BCUT2D eigenvalue weighted by Gasteiger charge is -2.23. The lowest BCUT2D eigenvalue weighted by atomic mass is 9.82. The van der Waals surface area contributed by atoms with Crippen LogP contribution in [0, 0.1) is 17.8 Å². The van der Waals surface area contributed by atoms with Crippen LogP contribution in [0.3, 0.4) is 0 Å². The molecule has 3 aromatic rings. The average molecular weight is 370 g/mol. The molecule has 0 spiro atoms. The highest BCUT2D eigenvalue weighted by Crippen LogP contribution is 2.29. The first-order chi connectivity index (χ1) is 13.7. The number of nitrogens with zero attached hydrogens (tertiary/aromatic N) is 1. The molecule has 3 aromatic carbocycles. The maximum atomic E-state index is 10.2. The van der Waals surface area contributed by atoms with Crippen molar-refractivity contribution in [2.75, 3.05) is 25.6 Å². The lowest BCUT2D eigenvalue weighted by molar-refractivity contribution is 0.216. The van der Waals surface area contributed by atoms with Crippen LogP contribution >= 0.6 is 0 Å². The highest BCUT2D eigenvalue weighted by molar-refractivity contribution is 5.48. The van der Waals surface area contributed by atoms with Crippen molar-refractivity contribution in [1.82, 2.24) is 0 Å². The first kappa shape index (κ1) is 19.7. The number of hydrogen-bond acceptors (Lipinski definition) is 2. The smallest absolute Gasteiger partial charge is 0.0509 e. The van der Waals surface area contributed by atoms with E-state index < -0.39 is 0 Å². The molecule has 0 saturated heterocycles. The van der Waals surface area contributed by atoms with Gasteiger partial charge in [0.25, 0.3) is 0 Å². The van der Waals surface area contributed by atoms with Crippen molar-refractivity contribution in [3.63, 3.8) is 0 Å². The Morgan fingerprint density at radius 2 is 1.43 bits per heavy atom. The topological polar surface area (TPSA) is 23.5 Å². The van der Waals surface area contributed by atoms with Crippen molar-refractivity contribution in [3.05, 3.63) is 102 Å². The van der Waals surface area contributed by atoms with E-state index >= 15 is 0 Å². The zero-order valence-corrected chi connectivity index (χ0v) is 16.5. The Bertz CT molecular complexity index is 905. The molecule has 142 valence electrons. The largest absolute Gasteiger partial charge is 0.396 e. The molecule has 2 nitrogen and oxygen atoms in total. The van der Waals surface area contributed by atoms with Gasteiger partial charge in [0.2, 0.25) is 0 Å². The summed E-state index contributed by atoms with van der Waals surface area (Å²) in [5, 5.41) is 10.2. The summed E-state index contributed by atoms with van der Waals surface area (Å²) in [6.07, 6.45) is 0.793. The van der Waals surface area contributed by atoms with Gasteiger partial charge in [-0.15, -0.1) is 0 Å². The van der Waals surface area contributed by atoms with Crippen molar-refractivity contribution < 1.29 is 5.11 Å². The third-order valence-corrected chi connectivity index (χ3v) is 4.96. The van der Waals surface area contributed by atoms with Crippen LogP contribution in [0.1, 0.15) is 22.6 Å². The predicted octanol–water partition coefficient (Wildman–Crippen LogP) is 4.74. The summed E-state index contributed by atoms with van der Waals surface area (Å²) in [6.45, 7) is 0.0957. The van der Waals surface area contributed by atoms with Gasteiger partial charge in [-0.2, -0.15) is 0 Å². The Morgan fingerprint density at radius 1 is 0.821 bits per heavy atom. The molecular weight excluding hydrogens is 342 g/mol. The zero-order chi connectivity index (χ0) is 19.8. The van der Waals surface area contributed by atoms with E-state index in [0.29, 0.717) is 0 Å². The molecule has 2 heteroatoms. The molecule has 3 rings (SSSR count). The van der Waals surface area contributed by atoms with Gasteiger partial charge in [-0.05, 0) is 41.8 Å². The monoisotopic (exact) mass is 369 g/mol. The van der Waals surface area contributed by atoms with E-state index in [9.17, 15) is 5.11 Å². The van der Waals surface area contributed by atoms with Gasteiger partial charge < -0.3 is 10.0 Å². The second-order valence-corrected chi connectivity index (χ2v) is 7.23. The number of aliphatic hydroxyl groups is 1. The molecule has 0 bridgehead atoms. The molecule has 0 aliphatic carbocycles. The summed E-state index contributed by atoms with van der Waals surface area (Å²) in [7, 11) is 4.07. The van der Waals surface area contributed by atoms with Gasteiger partial charge in [0.15, 0.2) is 0 Å². The Labute approximate surface area is 168 Å². The standard InChI is InChI=1S/C26H27NO/c1-27(2)25-16-14-23(15-17-25)26(18-13-21-9-5-3-6-10-21)24(20-28)19-22-11-7-4-8-12-22/h3-12,14-17,24,26,28H,19-20H2,1-2H3/t24-,26-/m0/s1. The van der Waals surface area contributed by atoms with Crippen LogP contribution in [0.5, 0.6) is 0 Å². The van der Waals surface area contributed by atoms with Gasteiger partial charge >= 0.3 is 0 Å². The van der Waals surface area contributed by atoms with Gasteiger partial charge in [0, 0.05) is 37.9 Å². The first-order valence-corrected chi connectivity index (χ1v) is 9.66. The minimum absolute atomic E-state index is 0.0313. The SMILES string of the molecule is CN(C)c1ccc([C@H](C#Cc2ccccc2)[C@H](CO)Cc2ccccc2)cc1. The van der Waals surface area contributed by atoms with Gasteiger partial charge in [0.1, 0.15) is 0 Å². The maximum Gasteiger partial charge on any atom is 0.0509 e. The normalized spacial score (nSPS) is 12.5. The second kappa shape index (κ2) is 9.78. The van der Waals surface area contributed by atoms with Crippen LogP contribution in [-0.2, 0) is 6.42 Å². The molecule has 2 atom stereocenters. The molecule has 0 aliphatic rings. The van der Waals surface area contributed by atoms with Crippen LogP contribution in [0.15, 0.2) is 84.9 Å². The summed E-state index contributed by atoms with van der Waals surface area (Å²) in [5.74, 6) is 6.75. The predicted molar refractivity (Wildman–Crippen MR) is 118 cm³/mol. The number of benzene rings is 3. The number of hydrogen-bond donors (Lipinski definition) is 1. The third kappa shape index (κ3) is 5.25. The van der Waals surface area contributed by atoms with E-state index in [0.717, 1.165) is 23.2 Å².